The average molecular weight is 457 g/mol. The second-order valence-electron chi connectivity index (χ2n) is 6.75. The zero-order valence-corrected chi connectivity index (χ0v) is 17.2. The van der Waals surface area contributed by atoms with Gasteiger partial charge >= 0.3 is 5.76 Å². The number of aromatic amines is 1. The van der Waals surface area contributed by atoms with Crippen LogP contribution in [-0.2, 0) is 11.3 Å². The number of halogens is 3. The molecule has 0 bridgehead atoms. The van der Waals surface area contributed by atoms with Gasteiger partial charge in [0.25, 0.3) is 5.56 Å². The van der Waals surface area contributed by atoms with Crippen molar-refractivity contribution in [2.75, 3.05) is 19.7 Å². The summed E-state index contributed by atoms with van der Waals surface area (Å²) in [6, 6.07) is 7.76. The number of hydrogen-bond acceptors (Lipinski definition) is 6. The standard InChI is InChI=1S/C19H18ClFN4O4.ClH/c20-14-8-11(3-4-15(14)21)16-12(9-22-5-7-28-16)10-25-6-1-2-13(18(25)26)17-23-19(27)29-24-17;/h1-4,6,8,12,16,22H,5,7,9-10H2,(H,23,24,27);1H/t12-,16-;/m0./s1. The van der Waals surface area contributed by atoms with Gasteiger partial charge in [0.1, 0.15) is 5.82 Å². The Morgan fingerprint density at radius 3 is 2.87 bits per heavy atom. The second-order valence-corrected chi connectivity index (χ2v) is 7.16. The lowest BCUT2D eigenvalue weighted by atomic mass is 9.95. The first kappa shape index (κ1) is 22.2. The fourth-order valence-electron chi connectivity index (χ4n) is 3.47. The maximum absolute atomic E-state index is 13.6. The number of ether oxygens (including phenoxy) is 1. The fraction of sp³-hybridized carbons (Fsp3) is 0.316. The largest absolute Gasteiger partial charge is 0.439 e. The highest BCUT2D eigenvalue weighted by molar-refractivity contribution is 6.30. The molecule has 0 aliphatic carbocycles. The van der Waals surface area contributed by atoms with E-state index in [0.29, 0.717) is 26.2 Å². The summed E-state index contributed by atoms with van der Waals surface area (Å²) in [6.07, 6.45) is 1.29. The molecule has 0 spiro atoms. The highest BCUT2D eigenvalue weighted by atomic mass is 35.5. The van der Waals surface area contributed by atoms with Crippen molar-refractivity contribution < 1.29 is 13.7 Å². The molecule has 30 heavy (non-hydrogen) atoms. The molecule has 1 fully saturated rings. The molecule has 1 aromatic carbocycles. The number of nitrogens with one attached hydrogen (secondary N) is 2. The maximum atomic E-state index is 13.6. The molecule has 8 nitrogen and oxygen atoms in total. The van der Waals surface area contributed by atoms with Gasteiger partial charge in [0.15, 0.2) is 5.82 Å². The Kier molecular flexibility index (Phi) is 7.09. The van der Waals surface area contributed by atoms with Crippen LogP contribution in [0.2, 0.25) is 5.02 Å². The monoisotopic (exact) mass is 456 g/mol. The van der Waals surface area contributed by atoms with E-state index in [1.807, 2.05) is 0 Å². The number of nitrogens with zero attached hydrogens (tertiary/aromatic N) is 2. The Balaban J connectivity index is 0.00000256. The van der Waals surface area contributed by atoms with Crippen LogP contribution in [0.3, 0.4) is 0 Å². The van der Waals surface area contributed by atoms with Gasteiger partial charge in [0, 0.05) is 31.7 Å². The molecule has 2 aromatic heterocycles. The summed E-state index contributed by atoms with van der Waals surface area (Å²) in [5, 5.41) is 6.90. The lowest BCUT2D eigenvalue weighted by Crippen LogP contribution is -2.32. The molecule has 1 aliphatic rings. The Hall–Kier alpha value is -2.46. The van der Waals surface area contributed by atoms with Crippen molar-refractivity contribution >= 4 is 24.0 Å². The molecule has 2 N–H and O–H groups in total. The molecule has 0 radical (unpaired) electrons. The quantitative estimate of drug-likeness (QED) is 0.624. The van der Waals surface area contributed by atoms with Crippen LogP contribution in [0.5, 0.6) is 0 Å². The number of hydrogen-bond donors (Lipinski definition) is 2. The summed E-state index contributed by atoms with van der Waals surface area (Å²) in [5.41, 5.74) is 0.648. The van der Waals surface area contributed by atoms with Gasteiger partial charge in [-0.3, -0.25) is 14.3 Å². The van der Waals surface area contributed by atoms with Crippen molar-refractivity contribution in [3.05, 3.63) is 73.8 Å². The van der Waals surface area contributed by atoms with Crippen LogP contribution >= 0.6 is 24.0 Å². The molecular weight excluding hydrogens is 438 g/mol. The summed E-state index contributed by atoms with van der Waals surface area (Å²) in [5.74, 6) is -1.27. The van der Waals surface area contributed by atoms with Crippen molar-refractivity contribution in [1.82, 2.24) is 20.0 Å². The fourth-order valence-corrected chi connectivity index (χ4v) is 3.66. The van der Waals surface area contributed by atoms with Crippen LogP contribution in [0.4, 0.5) is 4.39 Å². The molecule has 0 saturated carbocycles. The smallest absolute Gasteiger partial charge is 0.372 e. The predicted molar refractivity (Wildman–Crippen MR) is 111 cm³/mol. The minimum atomic E-state index is -0.732. The Morgan fingerprint density at radius 2 is 2.13 bits per heavy atom. The van der Waals surface area contributed by atoms with Crippen molar-refractivity contribution in [3.8, 4) is 11.4 Å². The molecule has 1 saturated heterocycles. The third kappa shape index (κ3) is 4.65. The molecule has 3 heterocycles. The van der Waals surface area contributed by atoms with E-state index < -0.39 is 11.6 Å². The van der Waals surface area contributed by atoms with Gasteiger partial charge < -0.3 is 14.6 Å². The average Bonchev–Trinajstić information content (AvgIpc) is 3.00. The summed E-state index contributed by atoms with van der Waals surface area (Å²) in [6.45, 7) is 2.07. The molecular formula is C19H19Cl2FN4O4. The van der Waals surface area contributed by atoms with E-state index in [4.69, 9.17) is 16.3 Å². The minimum Gasteiger partial charge on any atom is -0.372 e. The lowest BCUT2D eigenvalue weighted by molar-refractivity contribution is 0.0250. The van der Waals surface area contributed by atoms with E-state index in [0.717, 1.165) is 5.56 Å². The summed E-state index contributed by atoms with van der Waals surface area (Å²) in [7, 11) is 0. The number of benzene rings is 1. The zero-order chi connectivity index (χ0) is 20.4. The minimum absolute atomic E-state index is 0. The first-order chi connectivity index (χ1) is 14.0. The van der Waals surface area contributed by atoms with Crippen molar-refractivity contribution in [2.24, 2.45) is 5.92 Å². The van der Waals surface area contributed by atoms with E-state index in [-0.39, 0.29) is 46.4 Å². The molecule has 160 valence electrons. The van der Waals surface area contributed by atoms with Gasteiger partial charge in [-0.25, -0.2) is 9.18 Å². The highest BCUT2D eigenvalue weighted by Crippen LogP contribution is 2.31. The van der Waals surface area contributed by atoms with E-state index >= 15 is 0 Å². The third-order valence-electron chi connectivity index (χ3n) is 4.83. The third-order valence-corrected chi connectivity index (χ3v) is 5.12. The van der Waals surface area contributed by atoms with E-state index in [1.54, 1.807) is 30.5 Å². The molecule has 11 heteroatoms. The van der Waals surface area contributed by atoms with Crippen LogP contribution < -0.4 is 16.6 Å². The maximum Gasteiger partial charge on any atom is 0.439 e. The van der Waals surface area contributed by atoms with Crippen LogP contribution in [0.25, 0.3) is 11.4 Å². The lowest BCUT2D eigenvalue weighted by Gasteiger charge is -2.26. The summed E-state index contributed by atoms with van der Waals surface area (Å²) in [4.78, 5) is 26.5. The first-order valence-electron chi connectivity index (χ1n) is 9.06. The molecule has 2 atom stereocenters. The van der Waals surface area contributed by atoms with Crippen molar-refractivity contribution in [3.63, 3.8) is 0 Å². The SMILES string of the molecule is Cl.O=c1[nH]c(-c2cccn(C[C@@H]3CNCCO[C@H]3c3ccc(F)c(Cl)c3)c2=O)no1. The highest BCUT2D eigenvalue weighted by Gasteiger charge is 2.28. The topological polar surface area (TPSA) is 102 Å². The molecule has 4 rings (SSSR count). The van der Waals surface area contributed by atoms with Gasteiger partial charge in [-0.15, -0.1) is 12.4 Å². The number of aromatic nitrogens is 3. The number of pyridine rings is 1. The van der Waals surface area contributed by atoms with Crippen LogP contribution in [0.15, 0.2) is 50.6 Å². The van der Waals surface area contributed by atoms with Gasteiger partial charge in [0.2, 0.25) is 0 Å². The van der Waals surface area contributed by atoms with Gasteiger partial charge in [-0.05, 0) is 29.8 Å². The first-order valence-corrected chi connectivity index (χ1v) is 9.44. The van der Waals surface area contributed by atoms with Crippen molar-refractivity contribution in [2.45, 2.75) is 12.6 Å². The molecule has 1 aliphatic heterocycles. The van der Waals surface area contributed by atoms with Gasteiger partial charge in [0.05, 0.1) is 23.3 Å². The predicted octanol–water partition coefficient (Wildman–Crippen LogP) is 2.38. The van der Waals surface area contributed by atoms with Crippen LogP contribution in [0.1, 0.15) is 11.7 Å². The van der Waals surface area contributed by atoms with Gasteiger partial charge in [-0.2, -0.15) is 0 Å². The Morgan fingerprint density at radius 1 is 1.30 bits per heavy atom. The van der Waals surface area contributed by atoms with Gasteiger partial charge in [-0.1, -0.05) is 22.8 Å². The van der Waals surface area contributed by atoms with E-state index in [1.165, 1.54) is 10.6 Å². The molecule has 3 aromatic rings. The molecule has 0 unspecified atom stereocenters. The van der Waals surface area contributed by atoms with Crippen LogP contribution in [-0.4, -0.2) is 34.4 Å². The normalized spacial score (nSPS) is 19.1. The number of H-pyrrole nitrogens is 1. The zero-order valence-electron chi connectivity index (χ0n) is 15.6. The van der Waals surface area contributed by atoms with E-state index in [2.05, 4.69) is 20.0 Å². The van der Waals surface area contributed by atoms with E-state index in [9.17, 15) is 14.0 Å². The molecule has 0 amide bonds. The Bertz CT molecular complexity index is 1130. The number of rotatable bonds is 4. The van der Waals surface area contributed by atoms with Crippen molar-refractivity contribution in [1.29, 1.82) is 0 Å². The second kappa shape index (κ2) is 9.57. The Labute approximate surface area is 181 Å². The van der Waals surface area contributed by atoms with Crippen LogP contribution in [0, 0.1) is 11.7 Å². The summed E-state index contributed by atoms with van der Waals surface area (Å²) < 4.78 is 25.6. The summed E-state index contributed by atoms with van der Waals surface area (Å²) >= 11 is 5.95.